The summed E-state index contributed by atoms with van der Waals surface area (Å²) in [6.07, 6.45) is 0. The van der Waals surface area contributed by atoms with E-state index in [1.54, 1.807) is 37.4 Å². The van der Waals surface area contributed by atoms with Crippen molar-refractivity contribution in [3.63, 3.8) is 0 Å². The zero-order chi connectivity index (χ0) is 15.2. The van der Waals surface area contributed by atoms with Crippen LogP contribution in [0.15, 0.2) is 42.5 Å². The van der Waals surface area contributed by atoms with E-state index in [4.69, 9.17) is 16.9 Å². The molecule has 0 aliphatic rings. The highest BCUT2D eigenvalue weighted by Gasteiger charge is 2.10. The number of anilines is 1. The highest BCUT2D eigenvalue weighted by Crippen LogP contribution is 2.22. The fourth-order valence-electron chi connectivity index (χ4n) is 1.94. The van der Waals surface area contributed by atoms with Crippen LogP contribution in [-0.4, -0.2) is 13.0 Å². The van der Waals surface area contributed by atoms with E-state index in [2.05, 4.69) is 16.7 Å². The third-order valence-corrected chi connectivity index (χ3v) is 3.23. The van der Waals surface area contributed by atoms with Gasteiger partial charge in [-0.25, -0.2) is 0 Å². The van der Waals surface area contributed by atoms with Crippen LogP contribution in [0.1, 0.15) is 21.5 Å². The number of benzene rings is 2. The van der Waals surface area contributed by atoms with Crippen LogP contribution in [0.4, 0.5) is 5.69 Å². The molecule has 1 amide bonds. The van der Waals surface area contributed by atoms with E-state index in [0.29, 0.717) is 28.4 Å². The van der Waals surface area contributed by atoms with Gasteiger partial charge >= 0.3 is 0 Å². The van der Waals surface area contributed by atoms with Crippen LogP contribution >= 0.6 is 11.6 Å². The summed E-state index contributed by atoms with van der Waals surface area (Å²) >= 11 is 5.98. The van der Waals surface area contributed by atoms with Crippen LogP contribution in [-0.2, 0) is 6.54 Å². The molecule has 0 unspecified atom stereocenters. The van der Waals surface area contributed by atoms with Crippen molar-refractivity contribution in [2.45, 2.75) is 6.54 Å². The fourth-order valence-corrected chi connectivity index (χ4v) is 2.12. The lowest BCUT2D eigenvalue weighted by Gasteiger charge is -2.12. The fraction of sp³-hybridized carbons (Fsp3) is 0.125. The van der Waals surface area contributed by atoms with E-state index in [1.807, 2.05) is 12.1 Å². The van der Waals surface area contributed by atoms with Crippen LogP contribution in [0, 0.1) is 11.3 Å². The molecule has 5 heteroatoms. The molecule has 0 saturated carbocycles. The van der Waals surface area contributed by atoms with Crippen molar-refractivity contribution in [3.8, 4) is 6.07 Å². The van der Waals surface area contributed by atoms with Gasteiger partial charge in [-0.2, -0.15) is 5.26 Å². The van der Waals surface area contributed by atoms with Gasteiger partial charge in [0.2, 0.25) is 0 Å². The molecule has 0 atom stereocenters. The lowest BCUT2D eigenvalue weighted by atomic mass is 10.1. The summed E-state index contributed by atoms with van der Waals surface area (Å²) in [7, 11) is 1.58. The average molecular weight is 300 g/mol. The Morgan fingerprint density at radius 3 is 2.81 bits per heavy atom. The van der Waals surface area contributed by atoms with Crippen molar-refractivity contribution in [2.75, 3.05) is 12.4 Å². The van der Waals surface area contributed by atoms with Crippen molar-refractivity contribution in [3.05, 3.63) is 64.2 Å². The van der Waals surface area contributed by atoms with Gasteiger partial charge in [0, 0.05) is 24.3 Å². The number of nitriles is 1. The Hall–Kier alpha value is -2.51. The lowest BCUT2D eigenvalue weighted by molar-refractivity contribution is 0.0964. The minimum atomic E-state index is -0.181. The summed E-state index contributed by atoms with van der Waals surface area (Å²) < 4.78 is 0. The second-order valence-corrected chi connectivity index (χ2v) is 4.87. The van der Waals surface area contributed by atoms with Crippen LogP contribution in [0.25, 0.3) is 0 Å². The molecule has 21 heavy (non-hydrogen) atoms. The van der Waals surface area contributed by atoms with Crippen molar-refractivity contribution in [2.24, 2.45) is 0 Å². The van der Waals surface area contributed by atoms with E-state index >= 15 is 0 Å². The molecule has 0 aliphatic carbocycles. The van der Waals surface area contributed by atoms with Crippen molar-refractivity contribution >= 4 is 23.2 Å². The van der Waals surface area contributed by atoms with Crippen molar-refractivity contribution < 1.29 is 4.79 Å². The number of nitrogens with zero attached hydrogens (tertiary/aromatic N) is 1. The molecule has 4 nitrogen and oxygen atoms in total. The van der Waals surface area contributed by atoms with E-state index in [0.717, 1.165) is 5.56 Å². The number of hydrogen-bond acceptors (Lipinski definition) is 3. The SMILES string of the molecule is CNC(=O)c1ccc(Cl)cc1NCc1cccc(C#N)c1. The Morgan fingerprint density at radius 2 is 2.10 bits per heavy atom. The molecule has 106 valence electrons. The predicted octanol–water partition coefficient (Wildman–Crippen LogP) is 3.18. The third kappa shape index (κ3) is 3.74. The lowest BCUT2D eigenvalue weighted by Crippen LogP contribution is -2.19. The summed E-state index contributed by atoms with van der Waals surface area (Å²) in [4.78, 5) is 11.8. The second-order valence-electron chi connectivity index (χ2n) is 4.43. The first-order valence-corrected chi connectivity index (χ1v) is 6.76. The molecule has 2 N–H and O–H groups in total. The topological polar surface area (TPSA) is 64.9 Å². The molecule has 2 rings (SSSR count). The summed E-state index contributed by atoms with van der Waals surface area (Å²) in [6.45, 7) is 0.500. The largest absolute Gasteiger partial charge is 0.380 e. The van der Waals surface area contributed by atoms with E-state index in [9.17, 15) is 4.79 Å². The molecule has 0 fully saturated rings. The predicted molar refractivity (Wildman–Crippen MR) is 83.3 cm³/mol. The zero-order valence-electron chi connectivity index (χ0n) is 11.5. The molecule has 0 bridgehead atoms. The molecule has 0 aromatic heterocycles. The first-order chi connectivity index (χ1) is 10.1. The van der Waals surface area contributed by atoms with Gasteiger partial charge in [-0.3, -0.25) is 4.79 Å². The molecule has 0 heterocycles. The molecule has 0 radical (unpaired) electrons. The van der Waals surface area contributed by atoms with Crippen molar-refractivity contribution in [1.82, 2.24) is 5.32 Å². The van der Waals surface area contributed by atoms with Gasteiger partial charge in [0.1, 0.15) is 0 Å². The van der Waals surface area contributed by atoms with Crippen molar-refractivity contribution in [1.29, 1.82) is 5.26 Å². The summed E-state index contributed by atoms with van der Waals surface area (Å²) in [6, 6.07) is 14.5. The maximum atomic E-state index is 11.8. The number of hydrogen-bond donors (Lipinski definition) is 2. The molecule has 2 aromatic carbocycles. The third-order valence-electron chi connectivity index (χ3n) is 2.99. The molecule has 2 aromatic rings. The Balaban J connectivity index is 2.21. The second kappa shape index (κ2) is 6.78. The number of amides is 1. The molecular formula is C16H14ClN3O. The van der Waals surface area contributed by atoms with Gasteiger partial charge in [0.05, 0.1) is 17.2 Å². The van der Waals surface area contributed by atoms with Gasteiger partial charge in [-0.15, -0.1) is 0 Å². The number of carbonyl (C=O) groups excluding carboxylic acids is 1. The van der Waals surface area contributed by atoms with Gasteiger partial charge in [-0.05, 0) is 35.9 Å². The van der Waals surface area contributed by atoms with Crippen LogP contribution in [0.5, 0.6) is 0 Å². The van der Waals surface area contributed by atoms with Crippen LogP contribution < -0.4 is 10.6 Å². The Labute approximate surface area is 128 Å². The average Bonchev–Trinajstić information content (AvgIpc) is 2.52. The first kappa shape index (κ1) is 14.9. The quantitative estimate of drug-likeness (QED) is 0.911. The minimum absolute atomic E-state index is 0.181. The summed E-state index contributed by atoms with van der Waals surface area (Å²) in [5.74, 6) is -0.181. The molecule has 0 aliphatic heterocycles. The van der Waals surface area contributed by atoms with E-state index < -0.39 is 0 Å². The molecule has 0 saturated heterocycles. The first-order valence-electron chi connectivity index (χ1n) is 6.38. The van der Waals surface area contributed by atoms with Gasteiger partial charge in [-0.1, -0.05) is 23.7 Å². The van der Waals surface area contributed by atoms with Gasteiger partial charge < -0.3 is 10.6 Å². The maximum absolute atomic E-state index is 11.8. The molecule has 0 spiro atoms. The number of rotatable bonds is 4. The highest BCUT2D eigenvalue weighted by atomic mass is 35.5. The van der Waals surface area contributed by atoms with Gasteiger partial charge in [0.25, 0.3) is 5.91 Å². The summed E-state index contributed by atoms with van der Waals surface area (Å²) in [5, 5.41) is 15.2. The normalized spacial score (nSPS) is 9.76. The van der Waals surface area contributed by atoms with E-state index in [-0.39, 0.29) is 5.91 Å². The monoisotopic (exact) mass is 299 g/mol. The van der Waals surface area contributed by atoms with E-state index in [1.165, 1.54) is 0 Å². The Kier molecular flexibility index (Phi) is 4.81. The maximum Gasteiger partial charge on any atom is 0.253 e. The minimum Gasteiger partial charge on any atom is -0.380 e. The Bertz CT molecular complexity index is 707. The highest BCUT2D eigenvalue weighted by molar-refractivity contribution is 6.31. The number of carbonyl (C=O) groups is 1. The zero-order valence-corrected chi connectivity index (χ0v) is 12.2. The smallest absolute Gasteiger partial charge is 0.253 e. The summed E-state index contributed by atoms with van der Waals surface area (Å²) in [5.41, 5.74) is 2.74. The van der Waals surface area contributed by atoms with Crippen LogP contribution in [0.3, 0.4) is 0 Å². The van der Waals surface area contributed by atoms with Gasteiger partial charge in [0.15, 0.2) is 0 Å². The standard InChI is InChI=1S/C16H14ClN3O/c1-19-16(21)14-6-5-13(17)8-15(14)20-10-12-4-2-3-11(7-12)9-18/h2-8,20H,10H2,1H3,(H,19,21). The number of halogens is 1. The Morgan fingerprint density at radius 1 is 1.29 bits per heavy atom. The van der Waals surface area contributed by atoms with Crippen LogP contribution in [0.2, 0.25) is 5.02 Å². The molecular weight excluding hydrogens is 286 g/mol. The number of nitrogens with one attached hydrogen (secondary N) is 2.